The summed E-state index contributed by atoms with van der Waals surface area (Å²) < 4.78 is 10.1. The van der Waals surface area contributed by atoms with E-state index in [0.717, 1.165) is 0 Å². The number of benzene rings is 2. The molecule has 0 saturated carbocycles. The van der Waals surface area contributed by atoms with Gasteiger partial charge in [0.05, 0.1) is 13.5 Å². The van der Waals surface area contributed by atoms with E-state index < -0.39 is 30.0 Å². The maximum atomic E-state index is 12.6. The molecular formula is C20H21NO5S. The first-order valence-corrected chi connectivity index (χ1v) is 8.99. The molecule has 0 unspecified atom stereocenters. The molecule has 0 aromatic heterocycles. The third kappa shape index (κ3) is 5.86. The van der Waals surface area contributed by atoms with Gasteiger partial charge in [0, 0.05) is 11.3 Å². The Morgan fingerprint density at radius 2 is 1.59 bits per heavy atom. The predicted octanol–water partition coefficient (Wildman–Crippen LogP) is 2.56. The fourth-order valence-corrected chi connectivity index (χ4v) is 2.65. The van der Waals surface area contributed by atoms with Crippen LogP contribution >= 0.6 is 12.6 Å². The van der Waals surface area contributed by atoms with Crippen LogP contribution < -0.4 is 5.32 Å². The van der Waals surface area contributed by atoms with Gasteiger partial charge in [0.25, 0.3) is 5.91 Å². The molecule has 6 nitrogen and oxygen atoms in total. The molecule has 0 aliphatic rings. The molecule has 0 fully saturated rings. The number of thiol groups is 1. The van der Waals surface area contributed by atoms with Crippen molar-refractivity contribution < 1.29 is 23.9 Å². The molecule has 0 heterocycles. The maximum absolute atomic E-state index is 12.6. The fraction of sp³-hybridized carbons (Fsp3) is 0.250. The second-order valence-corrected chi connectivity index (χ2v) is 6.08. The van der Waals surface area contributed by atoms with E-state index >= 15 is 0 Å². The summed E-state index contributed by atoms with van der Waals surface area (Å²) in [4.78, 5) is 36.9. The molecule has 0 aliphatic heterocycles. The van der Waals surface area contributed by atoms with Gasteiger partial charge in [0.1, 0.15) is 6.04 Å². The molecular weight excluding hydrogens is 366 g/mol. The number of nitrogens with one attached hydrogen (secondary N) is 1. The van der Waals surface area contributed by atoms with Crippen LogP contribution in [0.2, 0.25) is 0 Å². The molecule has 2 rings (SSSR count). The summed E-state index contributed by atoms with van der Waals surface area (Å²) in [6.07, 6.45) is -1.29. The van der Waals surface area contributed by atoms with Crippen LogP contribution in [0, 0.1) is 0 Å². The van der Waals surface area contributed by atoms with Gasteiger partial charge in [-0.3, -0.25) is 9.59 Å². The Hall–Kier alpha value is -2.80. The van der Waals surface area contributed by atoms with Crippen molar-refractivity contribution >= 4 is 30.5 Å². The van der Waals surface area contributed by atoms with E-state index in [9.17, 15) is 14.4 Å². The van der Waals surface area contributed by atoms with E-state index in [1.54, 1.807) is 60.7 Å². The van der Waals surface area contributed by atoms with E-state index in [0.29, 0.717) is 11.1 Å². The van der Waals surface area contributed by atoms with Gasteiger partial charge in [-0.1, -0.05) is 48.5 Å². The van der Waals surface area contributed by atoms with Gasteiger partial charge in [-0.2, -0.15) is 12.6 Å². The molecule has 27 heavy (non-hydrogen) atoms. The maximum Gasteiger partial charge on any atom is 0.349 e. The lowest BCUT2D eigenvalue weighted by Crippen LogP contribution is -2.43. The number of rotatable bonds is 8. The van der Waals surface area contributed by atoms with Crippen LogP contribution in [0.3, 0.4) is 0 Å². The third-order valence-corrected chi connectivity index (χ3v) is 4.02. The van der Waals surface area contributed by atoms with Crippen molar-refractivity contribution in [3.8, 4) is 0 Å². The molecule has 0 saturated heterocycles. The molecule has 0 radical (unpaired) electrons. The standard InChI is InChI=1S/C20H21NO5S/c1-25-20(24)18(26-16(22)12-13-27)17(14-8-4-2-5-9-14)21-19(23)15-10-6-3-7-11-15/h2-11,17-18,27H,12-13H2,1H3,(H,21,23)/t17-,18+/m0/s1. The highest BCUT2D eigenvalue weighted by Gasteiger charge is 2.35. The van der Waals surface area contributed by atoms with Crippen LogP contribution in [0.4, 0.5) is 0 Å². The van der Waals surface area contributed by atoms with Crippen molar-refractivity contribution in [3.63, 3.8) is 0 Å². The van der Waals surface area contributed by atoms with Gasteiger partial charge in [-0.15, -0.1) is 0 Å². The van der Waals surface area contributed by atoms with Crippen molar-refractivity contribution in [2.75, 3.05) is 12.9 Å². The minimum absolute atomic E-state index is 0.0325. The van der Waals surface area contributed by atoms with E-state index in [1.165, 1.54) is 7.11 Å². The van der Waals surface area contributed by atoms with Crippen molar-refractivity contribution in [2.24, 2.45) is 0 Å². The Morgan fingerprint density at radius 1 is 1.00 bits per heavy atom. The van der Waals surface area contributed by atoms with Crippen LogP contribution in [0.1, 0.15) is 28.4 Å². The van der Waals surface area contributed by atoms with E-state index in [-0.39, 0.29) is 12.2 Å². The van der Waals surface area contributed by atoms with Gasteiger partial charge in [0.2, 0.25) is 6.10 Å². The van der Waals surface area contributed by atoms with Gasteiger partial charge < -0.3 is 14.8 Å². The molecule has 0 spiro atoms. The number of methoxy groups -OCH3 is 1. The minimum atomic E-state index is -1.32. The van der Waals surface area contributed by atoms with Crippen LogP contribution in [-0.4, -0.2) is 36.8 Å². The zero-order valence-electron chi connectivity index (χ0n) is 14.8. The van der Waals surface area contributed by atoms with Crippen LogP contribution in [-0.2, 0) is 19.1 Å². The average Bonchev–Trinajstić information content (AvgIpc) is 2.71. The third-order valence-electron chi connectivity index (χ3n) is 3.79. The summed E-state index contributed by atoms with van der Waals surface area (Å²) in [7, 11) is 1.20. The summed E-state index contributed by atoms with van der Waals surface area (Å²) >= 11 is 4.00. The SMILES string of the molecule is COC(=O)[C@H](OC(=O)CCS)[C@@H](NC(=O)c1ccccc1)c1ccccc1. The highest BCUT2D eigenvalue weighted by molar-refractivity contribution is 7.80. The number of hydrogen-bond acceptors (Lipinski definition) is 6. The largest absolute Gasteiger partial charge is 0.466 e. The zero-order chi connectivity index (χ0) is 19.6. The number of esters is 2. The van der Waals surface area contributed by atoms with Gasteiger partial charge >= 0.3 is 11.9 Å². The Kier molecular flexibility index (Phi) is 7.88. The van der Waals surface area contributed by atoms with Crippen molar-refractivity contribution in [1.82, 2.24) is 5.32 Å². The first-order valence-electron chi connectivity index (χ1n) is 8.36. The molecule has 142 valence electrons. The van der Waals surface area contributed by atoms with Crippen molar-refractivity contribution in [2.45, 2.75) is 18.6 Å². The Labute approximate surface area is 163 Å². The summed E-state index contributed by atoms with van der Waals surface area (Å²) in [5.74, 6) is -1.48. The lowest BCUT2D eigenvalue weighted by molar-refractivity contribution is -0.168. The summed E-state index contributed by atoms with van der Waals surface area (Å²) in [5.41, 5.74) is 1.03. The number of hydrogen-bond donors (Lipinski definition) is 2. The second-order valence-electron chi connectivity index (χ2n) is 5.64. The number of carbonyl (C=O) groups excluding carboxylic acids is 3. The summed E-state index contributed by atoms with van der Waals surface area (Å²) in [6, 6.07) is 16.5. The molecule has 0 aliphatic carbocycles. The first-order chi connectivity index (χ1) is 13.1. The summed E-state index contributed by atoms with van der Waals surface area (Å²) in [6.45, 7) is 0. The normalized spacial score (nSPS) is 12.5. The Morgan fingerprint density at radius 3 is 2.15 bits per heavy atom. The molecule has 2 atom stereocenters. The monoisotopic (exact) mass is 387 g/mol. The van der Waals surface area contributed by atoms with E-state index in [2.05, 4.69) is 17.9 Å². The van der Waals surface area contributed by atoms with Crippen molar-refractivity contribution in [3.05, 3.63) is 71.8 Å². The highest BCUT2D eigenvalue weighted by Crippen LogP contribution is 2.22. The molecule has 0 bridgehead atoms. The number of ether oxygens (including phenoxy) is 2. The topological polar surface area (TPSA) is 81.7 Å². The highest BCUT2D eigenvalue weighted by atomic mass is 32.1. The lowest BCUT2D eigenvalue weighted by atomic mass is 10.0. The Bertz CT molecular complexity index is 766. The quantitative estimate of drug-likeness (QED) is 0.537. The van der Waals surface area contributed by atoms with Gasteiger partial charge in [0.15, 0.2) is 0 Å². The lowest BCUT2D eigenvalue weighted by Gasteiger charge is -2.26. The summed E-state index contributed by atoms with van der Waals surface area (Å²) in [5, 5.41) is 2.78. The number of carbonyl (C=O) groups is 3. The fourth-order valence-electron chi connectivity index (χ4n) is 2.47. The Balaban J connectivity index is 2.35. The molecule has 1 amide bonds. The van der Waals surface area contributed by atoms with Gasteiger partial charge in [-0.05, 0) is 17.7 Å². The van der Waals surface area contributed by atoms with Crippen LogP contribution in [0.5, 0.6) is 0 Å². The predicted molar refractivity (Wildman–Crippen MR) is 103 cm³/mol. The van der Waals surface area contributed by atoms with Gasteiger partial charge in [-0.25, -0.2) is 4.79 Å². The molecule has 2 aromatic rings. The first kappa shape index (κ1) is 20.5. The molecule has 2 aromatic carbocycles. The molecule has 7 heteroatoms. The van der Waals surface area contributed by atoms with E-state index in [4.69, 9.17) is 9.47 Å². The molecule has 1 N–H and O–H groups in total. The van der Waals surface area contributed by atoms with Crippen LogP contribution in [0.25, 0.3) is 0 Å². The second kappa shape index (κ2) is 10.4. The minimum Gasteiger partial charge on any atom is -0.466 e. The van der Waals surface area contributed by atoms with E-state index in [1.807, 2.05) is 0 Å². The smallest absolute Gasteiger partial charge is 0.349 e. The average molecular weight is 387 g/mol. The zero-order valence-corrected chi connectivity index (χ0v) is 15.7. The number of amides is 1. The van der Waals surface area contributed by atoms with Crippen molar-refractivity contribution in [1.29, 1.82) is 0 Å². The van der Waals surface area contributed by atoms with Crippen LogP contribution in [0.15, 0.2) is 60.7 Å².